The first-order valence-corrected chi connectivity index (χ1v) is 11.0. The van der Waals surface area contributed by atoms with Crippen LogP contribution in [-0.2, 0) is 29.0 Å². The van der Waals surface area contributed by atoms with E-state index in [1.807, 2.05) is 31.2 Å². The summed E-state index contributed by atoms with van der Waals surface area (Å²) in [6.07, 6.45) is 1.82. The van der Waals surface area contributed by atoms with Crippen LogP contribution in [-0.4, -0.2) is 28.8 Å². The summed E-state index contributed by atoms with van der Waals surface area (Å²) in [5.74, 6) is 0.888. The van der Waals surface area contributed by atoms with Crippen LogP contribution < -0.4 is 4.74 Å². The number of hydrogen-bond donors (Lipinski definition) is 1. The van der Waals surface area contributed by atoms with Crippen LogP contribution in [0, 0.1) is 6.92 Å². The van der Waals surface area contributed by atoms with E-state index in [1.54, 1.807) is 19.3 Å². The quantitative estimate of drug-likeness (QED) is 0.338. The summed E-state index contributed by atoms with van der Waals surface area (Å²) >= 11 is 0. The van der Waals surface area contributed by atoms with Gasteiger partial charge in [-0.05, 0) is 55.7 Å². The zero-order chi connectivity index (χ0) is 23.4. The lowest BCUT2D eigenvalue weighted by molar-refractivity contribution is -0.149. The van der Waals surface area contributed by atoms with Gasteiger partial charge in [0.25, 0.3) is 0 Å². The van der Waals surface area contributed by atoms with Crippen LogP contribution in [0.15, 0.2) is 57.6 Å². The number of aromatic nitrogens is 1. The number of ether oxygens (including phenoxy) is 2. The van der Waals surface area contributed by atoms with Crippen molar-refractivity contribution in [2.24, 2.45) is 0 Å². The Kier molecular flexibility index (Phi) is 6.79. The Morgan fingerprint density at radius 2 is 1.91 bits per heavy atom. The second-order valence-corrected chi connectivity index (χ2v) is 7.73. The first kappa shape index (κ1) is 22.6. The lowest BCUT2D eigenvalue weighted by atomic mass is 10.0. The molecule has 0 radical (unpaired) electrons. The summed E-state index contributed by atoms with van der Waals surface area (Å²) in [5, 5.41) is 10.2. The fourth-order valence-electron chi connectivity index (χ4n) is 3.71. The summed E-state index contributed by atoms with van der Waals surface area (Å²) < 4.78 is 22.9. The molecule has 33 heavy (non-hydrogen) atoms. The molecule has 7 heteroatoms. The maximum atomic E-state index is 11.5. The van der Waals surface area contributed by atoms with E-state index in [2.05, 4.69) is 24.0 Å². The number of aryl methyl sites for hydroxylation is 2. The molecule has 0 aliphatic heterocycles. The first-order chi connectivity index (χ1) is 16.0. The molecule has 1 atom stereocenters. The zero-order valence-corrected chi connectivity index (χ0v) is 19.0. The van der Waals surface area contributed by atoms with Gasteiger partial charge in [0, 0.05) is 18.6 Å². The summed E-state index contributed by atoms with van der Waals surface area (Å²) in [7, 11) is 0. The summed E-state index contributed by atoms with van der Waals surface area (Å²) in [4.78, 5) is 16.1. The second kappa shape index (κ2) is 9.92. The minimum absolute atomic E-state index is 0.204. The van der Waals surface area contributed by atoms with Crippen molar-refractivity contribution in [2.75, 3.05) is 6.61 Å². The fraction of sp³-hybridized carbons (Fsp3) is 0.308. The SMILES string of the molecule is CCOC(Cc1ccc(OCc2nc(-c3ccc(CC)cc3)oc2C)c2ccoc12)C(=O)O. The number of furan rings is 1. The third kappa shape index (κ3) is 4.93. The highest BCUT2D eigenvalue weighted by Crippen LogP contribution is 2.32. The van der Waals surface area contributed by atoms with E-state index in [4.69, 9.17) is 18.3 Å². The number of oxazole rings is 1. The van der Waals surface area contributed by atoms with Crippen LogP contribution in [0.5, 0.6) is 5.75 Å². The van der Waals surface area contributed by atoms with Crippen molar-refractivity contribution in [2.45, 2.75) is 46.3 Å². The molecule has 0 saturated heterocycles. The van der Waals surface area contributed by atoms with Gasteiger partial charge in [0.15, 0.2) is 6.10 Å². The third-order valence-corrected chi connectivity index (χ3v) is 5.57. The summed E-state index contributed by atoms with van der Waals surface area (Å²) in [5.41, 5.74) is 4.23. The number of carboxylic acid groups (broad SMARTS) is 1. The molecule has 172 valence electrons. The summed E-state index contributed by atoms with van der Waals surface area (Å²) in [6.45, 7) is 6.31. The van der Waals surface area contributed by atoms with Crippen molar-refractivity contribution in [1.82, 2.24) is 4.98 Å². The van der Waals surface area contributed by atoms with Crippen LogP contribution in [0.25, 0.3) is 22.4 Å². The normalized spacial score (nSPS) is 12.2. The van der Waals surface area contributed by atoms with E-state index in [0.717, 1.165) is 22.9 Å². The van der Waals surface area contributed by atoms with Crippen molar-refractivity contribution in [3.8, 4) is 17.2 Å². The van der Waals surface area contributed by atoms with Crippen LogP contribution in [0.1, 0.15) is 36.4 Å². The van der Waals surface area contributed by atoms with E-state index in [9.17, 15) is 9.90 Å². The van der Waals surface area contributed by atoms with Crippen molar-refractivity contribution < 1.29 is 28.2 Å². The molecule has 2 heterocycles. The molecular weight excluding hydrogens is 422 g/mol. The van der Waals surface area contributed by atoms with Gasteiger partial charge in [0.1, 0.15) is 29.4 Å². The topological polar surface area (TPSA) is 94.9 Å². The predicted molar refractivity (Wildman–Crippen MR) is 123 cm³/mol. The van der Waals surface area contributed by atoms with Gasteiger partial charge in [0.2, 0.25) is 5.89 Å². The Morgan fingerprint density at radius 3 is 2.61 bits per heavy atom. The lowest BCUT2D eigenvalue weighted by Crippen LogP contribution is -2.26. The zero-order valence-electron chi connectivity index (χ0n) is 19.0. The highest BCUT2D eigenvalue weighted by atomic mass is 16.5. The molecule has 0 bridgehead atoms. The minimum Gasteiger partial charge on any atom is -0.486 e. The molecule has 7 nitrogen and oxygen atoms in total. The van der Waals surface area contributed by atoms with Crippen molar-refractivity contribution >= 4 is 16.9 Å². The van der Waals surface area contributed by atoms with Crippen LogP contribution >= 0.6 is 0 Å². The Hall–Kier alpha value is -3.58. The average molecular weight is 450 g/mol. The highest BCUT2D eigenvalue weighted by molar-refractivity contribution is 5.87. The fourth-order valence-corrected chi connectivity index (χ4v) is 3.71. The van der Waals surface area contributed by atoms with Gasteiger partial charge >= 0.3 is 5.97 Å². The highest BCUT2D eigenvalue weighted by Gasteiger charge is 2.21. The maximum Gasteiger partial charge on any atom is 0.333 e. The summed E-state index contributed by atoms with van der Waals surface area (Å²) in [6, 6.07) is 13.6. The van der Waals surface area contributed by atoms with Gasteiger partial charge in [-0.1, -0.05) is 25.1 Å². The number of nitrogens with zero attached hydrogens (tertiary/aromatic N) is 1. The lowest BCUT2D eigenvalue weighted by Gasteiger charge is -2.13. The molecule has 1 unspecified atom stereocenters. The standard InChI is InChI=1S/C26H27NO6/c1-4-17-6-8-18(9-7-17)25-27-21(16(3)33-25)15-32-22-11-10-19(24-20(22)12-13-31-24)14-23(26(28)29)30-5-2/h6-13,23H,4-5,14-15H2,1-3H3,(H,28,29). The van der Waals surface area contributed by atoms with Crippen molar-refractivity contribution in [3.05, 3.63) is 71.3 Å². The second-order valence-electron chi connectivity index (χ2n) is 7.73. The molecule has 1 N–H and O–H groups in total. The number of carboxylic acids is 1. The van der Waals surface area contributed by atoms with Crippen LogP contribution in [0.4, 0.5) is 0 Å². The van der Waals surface area contributed by atoms with Gasteiger partial charge < -0.3 is 23.4 Å². The van der Waals surface area contributed by atoms with Crippen molar-refractivity contribution in [3.63, 3.8) is 0 Å². The van der Waals surface area contributed by atoms with E-state index < -0.39 is 12.1 Å². The van der Waals surface area contributed by atoms with Gasteiger partial charge in [-0.3, -0.25) is 0 Å². The largest absolute Gasteiger partial charge is 0.486 e. The molecule has 0 aliphatic carbocycles. The number of benzene rings is 2. The van der Waals surface area contributed by atoms with Crippen LogP contribution in [0.3, 0.4) is 0 Å². The van der Waals surface area contributed by atoms with Gasteiger partial charge in [-0.25, -0.2) is 9.78 Å². The Bertz CT molecular complexity index is 1240. The molecule has 0 fully saturated rings. The Labute approximate surface area is 192 Å². The number of hydrogen-bond acceptors (Lipinski definition) is 6. The van der Waals surface area contributed by atoms with E-state index in [-0.39, 0.29) is 13.0 Å². The smallest absolute Gasteiger partial charge is 0.333 e. The number of carbonyl (C=O) groups is 1. The molecule has 0 saturated carbocycles. The number of rotatable bonds is 10. The maximum absolute atomic E-state index is 11.5. The first-order valence-electron chi connectivity index (χ1n) is 11.0. The van der Waals surface area contributed by atoms with E-state index >= 15 is 0 Å². The van der Waals surface area contributed by atoms with E-state index in [0.29, 0.717) is 35.3 Å². The molecular formula is C26H27NO6. The molecule has 4 aromatic rings. The van der Waals surface area contributed by atoms with E-state index in [1.165, 1.54) is 5.56 Å². The Morgan fingerprint density at radius 1 is 1.12 bits per heavy atom. The minimum atomic E-state index is -1.00. The van der Waals surface area contributed by atoms with Gasteiger partial charge in [0.05, 0.1) is 11.6 Å². The van der Waals surface area contributed by atoms with Gasteiger partial charge in [-0.2, -0.15) is 0 Å². The monoisotopic (exact) mass is 449 g/mol. The molecule has 0 spiro atoms. The van der Waals surface area contributed by atoms with Gasteiger partial charge in [-0.15, -0.1) is 0 Å². The molecule has 0 aliphatic rings. The Balaban J connectivity index is 1.52. The third-order valence-electron chi connectivity index (χ3n) is 5.57. The van der Waals surface area contributed by atoms with Crippen LogP contribution in [0.2, 0.25) is 0 Å². The molecule has 2 aromatic carbocycles. The average Bonchev–Trinajstić information content (AvgIpc) is 3.45. The molecule has 2 aromatic heterocycles. The molecule has 4 rings (SSSR count). The number of aliphatic carboxylic acids is 1. The number of fused-ring (bicyclic) bond motifs is 1. The van der Waals surface area contributed by atoms with Crippen molar-refractivity contribution in [1.29, 1.82) is 0 Å². The predicted octanol–water partition coefficient (Wildman–Crippen LogP) is 5.57. The molecule has 0 amide bonds.